The molecule has 0 saturated heterocycles. The van der Waals surface area contributed by atoms with Crippen molar-refractivity contribution in [3.05, 3.63) is 100 Å². The van der Waals surface area contributed by atoms with Crippen LogP contribution >= 0.6 is 0 Å². The smallest absolute Gasteiger partial charge is 0.256 e. The van der Waals surface area contributed by atoms with Crippen LogP contribution in [0.1, 0.15) is 43.2 Å². The Morgan fingerprint density at radius 1 is 0.906 bits per heavy atom. The summed E-state index contributed by atoms with van der Waals surface area (Å²) in [6.45, 7) is 5.54. The number of ketones is 1. The molecule has 0 atom stereocenters. The predicted molar refractivity (Wildman–Crippen MR) is 118 cm³/mol. The van der Waals surface area contributed by atoms with Crippen LogP contribution in [0.4, 0.5) is 10.1 Å². The minimum atomic E-state index is -0.538. The van der Waals surface area contributed by atoms with Gasteiger partial charge in [0.05, 0.1) is 5.56 Å². The first-order valence-electron chi connectivity index (χ1n) is 9.92. The van der Waals surface area contributed by atoms with E-state index in [2.05, 4.69) is 20.8 Å². The first-order valence-corrected chi connectivity index (χ1v) is 9.92. The Kier molecular flexibility index (Phi) is 5.59. The molecule has 160 valence electrons. The van der Waals surface area contributed by atoms with E-state index in [4.69, 9.17) is 0 Å². The third-order valence-corrected chi connectivity index (χ3v) is 5.24. The molecule has 0 aliphatic rings. The number of nitrogens with zero attached hydrogens (tertiary/aromatic N) is 4. The second-order valence-electron chi connectivity index (χ2n) is 7.43. The largest absolute Gasteiger partial charge is 0.322 e. The average molecular weight is 429 g/mol. The Morgan fingerprint density at radius 3 is 2.34 bits per heavy atom. The zero-order valence-corrected chi connectivity index (χ0v) is 17.8. The average Bonchev–Trinajstić information content (AvgIpc) is 3.22. The summed E-state index contributed by atoms with van der Waals surface area (Å²) < 4.78 is 15.6. The molecule has 4 aromatic rings. The van der Waals surface area contributed by atoms with Crippen LogP contribution in [0.15, 0.2) is 60.7 Å². The summed E-state index contributed by atoms with van der Waals surface area (Å²) in [7, 11) is 0. The number of hydrogen-bond donors (Lipinski definition) is 1. The van der Waals surface area contributed by atoms with Crippen LogP contribution in [0.3, 0.4) is 0 Å². The molecule has 32 heavy (non-hydrogen) atoms. The minimum Gasteiger partial charge on any atom is -0.322 e. The number of halogens is 1. The highest BCUT2D eigenvalue weighted by Gasteiger charge is 2.19. The van der Waals surface area contributed by atoms with Crippen molar-refractivity contribution in [1.29, 1.82) is 0 Å². The Morgan fingerprint density at radius 2 is 1.66 bits per heavy atom. The highest BCUT2D eigenvalue weighted by atomic mass is 19.1. The third-order valence-electron chi connectivity index (χ3n) is 5.24. The van der Waals surface area contributed by atoms with Gasteiger partial charge in [-0.25, -0.2) is 4.39 Å². The summed E-state index contributed by atoms with van der Waals surface area (Å²) in [6.07, 6.45) is 0. The number of anilines is 1. The van der Waals surface area contributed by atoms with Gasteiger partial charge in [-0.2, -0.15) is 4.68 Å². The predicted octanol–water partition coefficient (Wildman–Crippen LogP) is 4.21. The van der Waals surface area contributed by atoms with E-state index >= 15 is 0 Å². The summed E-state index contributed by atoms with van der Waals surface area (Å²) in [5.74, 6) is -0.868. The van der Waals surface area contributed by atoms with Gasteiger partial charge in [0.1, 0.15) is 11.5 Å². The molecule has 4 rings (SSSR count). The SMILES string of the molecule is Cc1ccc(C(=O)c2ccccc2C(=O)Nc2ccc(F)c(-n3nnnc3C)c2)cc1C. The molecule has 1 amide bonds. The lowest BCUT2D eigenvalue weighted by Gasteiger charge is -2.12. The monoisotopic (exact) mass is 429 g/mol. The lowest BCUT2D eigenvalue weighted by atomic mass is 9.95. The number of aryl methyl sites for hydroxylation is 3. The molecule has 1 aromatic heterocycles. The summed E-state index contributed by atoms with van der Waals surface area (Å²) in [5, 5.41) is 13.8. The van der Waals surface area contributed by atoms with Crippen molar-refractivity contribution < 1.29 is 14.0 Å². The van der Waals surface area contributed by atoms with E-state index < -0.39 is 11.7 Å². The molecule has 0 aliphatic heterocycles. The number of aromatic nitrogens is 4. The molecular formula is C24H20FN5O2. The van der Waals surface area contributed by atoms with Gasteiger partial charge in [-0.15, -0.1) is 5.10 Å². The number of rotatable bonds is 5. The van der Waals surface area contributed by atoms with Crippen LogP contribution < -0.4 is 5.32 Å². The Hall–Kier alpha value is -4.20. The van der Waals surface area contributed by atoms with Gasteiger partial charge in [-0.3, -0.25) is 9.59 Å². The van der Waals surface area contributed by atoms with Gasteiger partial charge in [0, 0.05) is 16.8 Å². The third kappa shape index (κ3) is 4.02. The van der Waals surface area contributed by atoms with Gasteiger partial charge >= 0.3 is 0 Å². The van der Waals surface area contributed by atoms with Crippen LogP contribution in [0.25, 0.3) is 5.69 Å². The molecule has 7 nitrogen and oxygen atoms in total. The Labute approximate surface area is 183 Å². The minimum absolute atomic E-state index is 0.102. The van der Waals surface area contributed by atoms with E-state index in [1.165, 1.54) is 22.9 Å². The fourth-order valence-electron chi connectivity index (χ4n) is 3.32. The Bertz CT molecular complexity index is 1350. The fourth-order valence-corrected chi connectivity index (χ4v) is 3.32. The summed E-state index contributed by atoms with van der Waals surface area (Å²) >= 11 is 0. The molecule has 0 bridgehead atoms. The van der Waals surface area contributed by atoms with E-state index in [9.17, 15) is 14.0 Å². The highest BCUT2D eigenvalue weighted by molar-refractivity contribution is 6.17. The maximum Gasteiger partial charge on any atom is 0.256 e. The number of amides is 1. The van der Waals surface area contributed by atoms with Gasteiger partial charge in [0.2, 0.25) is 0 Å². The van der Waals surface area contributed by atoms with Crippen molar-refractivity contribution in [2.45, 2.75) is 20.8 Å². The number of hydrogen-bond acceptors (Lipinski definition) is 5. The van der Waals surface area contributed by atoms with Crippen LogP contribution in [0.5, 0.6) is 0 Å². The number of carbonyl (C=O) groups is 2. The molecular weight excluding hydrogens is 409 g/mol. The number of tetrazole rings is 1. The van der Waals surface area contributed by atoms with E-state index in [1.807, 2.05) is 26.0 Å². The van der Waals surface area contributed by atoms with E-state index in [0.717, 1.165) is 11.1 Å². The highest BCUT2D eigenvalue weighted by Crippen LogP contribution is 2.22. The van der Waals surface area contributed by atoms with Crippen LogP contribution in [0.2, 0.25) is 0 Å². The van der Waals surface area contributed by atoms with Crippen LogP contribution in [-0.2, 0) is 0 Å². The van der Waals surface area contributed by atoms with Crippen LogP contribution in [0, 0.1) is 26.6 Å². The molecule has 0 unspecified atom stereocenters. The number of benzene rings is 3. The summed E-state index contributed by atoms with van der Waals surface area (Å²) in [4.78, 5) is 26.2. The standard InChI is InChI=1S/C24H20FN5O2/c1-14-8-9-17(12-15(14)2)23(31)19-6-4-5-7-20(19)24(32)26-18-10-11-21(25)22(13-18)30-16(3)27-28-29-30/h4-13H,1-3H3,(H,26,32). The van der Waals surface area contributed by atoms with Gasteiger partial charge in [-0.05, 0) is 72.7 Å². The van der Waals surface area contributed by atoms with E-state index in [-0.39, 0.29) is 22.6 Å². The topological polar surface area (TPSA) is 89.8 Å². The van der Waals surface area contributed by atoms with E-state index in [1.54, 1.807) is 37.3 Å². The van der Waals surface area contributed by atoms with Crippen molar-refractivity contribution in [3.8, 4) is 5.69 Å². The second kappa shape index (κ2) is 8.50. The van der Waals surface area contributed by atoms with Crippen molar-refractivity contribution in [3.63, 3.8) is 0 Å². The zero-order chi connectivity index (χ0) is 22.8. The molecule has 0 radical (unpaired) electrons. The molecule has 1 N–H and O–H groups in total. The second-order valence-corrected chi connectivity index (χ2v) is 7.43. The quantitative estimate of drug-likeness (QED) is 0.480. The van der Waals surface area contributed by atoms with Crippen molar-refractivity contribution >= 4 is 17.4 Å². The van der Waals surface area contributed by atoms with Gasteiger partial charge in [0.25, 0.3) is 5.91 Å². The van der Waals surface area contributed by atoms with Crippen molar-refractivity contribution in [1.82, 2.24) is 20.2 Å². The van der Waals surface area contributed by atoms with E-state index in [0.29, 0.717) is 17.1 Å². The first kappa shape index (κ1) is 21.0. The maximum atomic E-state index is 14.3. The number of carbonyl (C=O) groups excluding carboxylic acids is 2. The normalized spacial score (nSPS) is 10.8. The molecule has 8 heteroatoms. The zero-order valence-electron chi connectivity index (χ0n) is 17.8. The van der Waals surface area contributed by atoms with Crippen molar-refractivity contribution in [2.75, 3.05) is 5.32 Å². The van der Waals surface area contributed by atoms with Gasteiger partial charge in [-0.1, -0.05) is 30.3 Å². The maximum absolute atomic E-state index is 14.3. The van der Waals surface area contributed by atoms with Gasteiger partial charge < -0.3 is 5.32 Å². The number of nitrogens with one attached hydrogen (secondary N) is 1. The summed E-state index contributed by atoms with van der Waals surface area (Å²) in [6, 6.07) is 16.1. The lowest BCUT2D eigenvalue weighted by Crippen LogP contribution is -2.17. The lowest BCUT2D eigenvalue weighted by molar-refractivity contribution is 0.0996. The molecule has 3 aromatic carbocycles. The van der Waals surface area contributed by atoms with Crippen molar-refractivity contribution in [2.24, 2.45) is 0 Å². The molecule has 0 saturated carbocycles. The molecule has 0 spiro atoms. The molecule has 0 fully saturated rings. The fraction of sp³-hybridized carbons (Fsp3) is 0.125. The first-order chi connectivity index (χ1) is 15.3. The molecule has 0 aliphatic carbocycles. The summed E-state index contributed by atoms with van der Waals surface area (Å²) in [5.41, 5.74) is 3.53. The van der Waals surface area contributed by atoms with Gasteiger partial charge in [0.15, 0.2) is 11.6 Å². The Balaban J connectivity index is 1.65. The van der Waals surface area contributed by atoms with Crippen LogP contribution in [-0.4, -0.2) is 31.9 Å². The molecule has 1 heterocycles.